The number of rotatable bonds is 12. The number of benzene rings is 2. The van der Waals surface area contributed by atoms with Gasteiger partial charge in [0.25, 0.3) is 5.91 Å². The average molecular weight is 685 g/mol. The molecule has 0 bridgehead atoms. The van der Waals surface area contributed by atoms with Gasteiger partial charge in [-0.3, -0.25) is 19.4 Å². The van der Waals surface area contributed by atoms with Gasteiger partial charge in [0.15, 0.2) is 0 Å². The largest absolute Gasteiger partial charge is 0.460 e. The first-order valence-corrected chi connectivity index (χ1v) is 17.1. The van der Waals surface area contributed by atoms with Crippen molar-refractivity contribution in [2.45, 2.75) is 85.9 Å². The second-order valence-corrected chi connectivity index (χ2v) is 14.8. The van der Waals surface area contributed by atoms with Gasteiger partial charge in [0.1, 0.15) is 11.2 Å². The molecule has 0 aliphatic rings. The third-order valence-corrected chi connectivity index (χ3v) is 8.16. The van der Waals surface area contributed by atoms with Gasteiger partial charge < -0.3 is 14.8 Å². The summed E-state index contributed by atoms with van der Waals surface area (Å²) in [5, 5.41) is 5.43. The number of hydrogen-bond acceptors (Lipinski definition) is 8. The molecule has 4 aromatic rings. The Morgan fingerprint density at radius 3 is 2.12 bits per heavy atom. The topological polar surface area (TPSA) is 112 Å². The molecule has 0 saturated heterocycles. The van der Waals surface area contributed by atoms with E-state index in [1.807, 2.05) is 73.6 Å². The van der Waals surface area contributed by atoms with E-state index in [9.17, 15) is 14.4 Å². The van der Waals surface area contributed by atoms with Gasteiger partial charge >= 0.3 is 12.1 Å². The fourth-order valence-corrected chi connectivity index (χ4v) is 5.99. The van der Waals surface area contributed by atoms with E-state index in [1.165, 1.54) is 12.2 Å². The highest BCUT2D eigenvalue weighted by atomic mass is 16.7. The first kappa shape index (κ1) is 38.3. The monoisotopic (exact) mass is 684 g/mol. The summed E-state index contributed by atoms with van der Waals surface area (Å²) in [6, 6.07) is 15.4. The number of amides is 1. The fraction of sp³-hybridized carbons (Fsp3) is 0.450. The smallest absolute Gasteiger partial charge is 0.419 e. The molecule has 4 rings (SSSR count). The number of esters is 1. The number of fused-ring (bicyclic) bond motifs is 1. The first-order valence-electron chi connectivity index (χ1n) is 17.1. The van der Waals surface area contributed by atoms with E-state index in [-0.39, 0.29) is 17.8 Å². The minimum atomic E-state index is -0.737. The van der Waals surface area contributed by atoms with Crippen molar-refractivity contribution in [2.24, 2.45) is 5.92 Å². The maximum absolute atomic E-state index is 14.0. The van der Waals surface area contributed by atoms with E-state index in [0.29, 0.717) is 49.1 Å². The van der Waals surface area contributed by atoms with Crippen LogP contribution in [0.25, 0.3) is 22.2 Å². The molecule has 0 aliphatic carbocycles. The molecule has 1 N–H and O–H groups in total. The molecule has 10 nitrogen and oxygen atoms in total. The molecule has 10 heteroatoms. The minimum Gasteiger partial charge on any atom is -0.460 e. The molecule has 2 heterocycles. The Morgan fingerprint density at radius 2 is 1.52 bits per heavy atom. The molecule has 2 aromatic heterocycles. The van der Waals surface area contributed by atoms with Crippen molar-refractivity contribution in [3.63, 3.8) is 0 Å². The summed E-state index contributed by atoms with van der Waals surface area (Å²) in [7, 11) is 2.99. The predicted octanol–water partition coefficient (Wildman–Crippen LogP) is 7.46. The van der Waals surface area contributed by atoms with E-state index in [1.54, 1.807) is 36.1 Å². The quantitative estimate of drug-likeness (QED) is 0.0930. The van der Waals surface area contributed by atoms with Crippen LogP contribution in [0.1, 0.15) is 80.6 Å². The van der Waals surface area contributed by atoms with Crippen molar-refractivity contribution < 1.29 is 28.7 Å². The number of ether oxygens (including phenoxy) is 2. The van der Waals surface area contributed by atoms with Crippen LogP contribution in [0.15, 0.2) is 60.9 Å². The van der Waals surface area contributed by atoms with Crippen molar-refractivity contribution in [3.05, 3.63) is 88.7 Å². The minimum absolute atomic E-state index is 0.248. The summed E-state index contributed by atoms with van der Waals surface area (Å²) in [6.07, 6.45) is 4.81. The number of aryl methyl sites for hydroxylation is 3. The fourth-order valence-electron chi connectivity index (χ4n) is 5.99. The molecule has 2 aromatic carbocycles. The third kappa shape index (κ3) is 10.0. The molecule has 1 amide bonds. The van der Waals surface area contributed by atoms with Crippen LogP contribution in [-0.2, 0) is 31.9 Å². The number of carbonyl (C=O) groups is 3. The molecule has 268 valence electrons. The van der Waals surface area contributed by atoms with Crippen molar-refractivity contribution in [1.29, 1.82) is 0 Å². The SMILES string of the molecule is CON(C)C(=O)c1ccc2c(c1)c(CCNCC(CCc1ccncc1)C(=O)OC(C)(C)C)c(-c1cc(C)cc(C)c1)n2C(=O)OC(C)(C)C. The van der Waals surface area contributed by atoms with Crippen LogP contribution in [0.5, 0.6) is 0 Å². The summed E-state index contributed by atoms with van der Waals surface area (Å²) in [5.74, 6) is -0.939. The molecule has 0 saturated carbocycles. The molecule has 1 atom stereocenters. The summed E-state index contributed by atoms with van der Waals surface area (Å²) in [6.45, 7) is 16.1. The summed E-state index contributed by atoms with van der Waals surface area (Å²) in [5.41, 5.74) is 5.36. The Labute approximate surface area is 296 Å². The van der Waals surface area contributed by atoms with Crippen molar-refractivity contribution in [1.82, 2.24) is 19.9 Å². The van der Waals surface area contributed by atoms with Crippen LogP contribution in [0.4, 0.5) is 4.79 Å². The predicted molar refractivity (Wildman–Crippen MR) is 196 cm³/mol. The van der Waals surface area contributed by atoms with Crippen LogP contribution in [0, 0.1) is 19.8 Å². The number of nitrogens with zero attached hydrogens (tertiary/aromatic N) is 3. The lowest BCUT2D eigenvalue weighted by molar-refractivity contribution is -0.160. The summed E-state index contributed by atoms with van der Waals surface area (Å²) >= 11 is 0. The second kappa shape index (κ2) is 16.0. The third-order valence-electron chi connectivity index (χ3n) is 8.16. The van der Waals surface area contributed by atoms with Crippen LogP contribution in [0.3, 0.4) is 0 Å². The van der Waals surface area contributed by atoms with E-state index in [0.717, 1.165) is 33.2 Å². The number of nitrogens with one attached hydrogen (secondary N) is 1. The second-order valence-electron chi connectivity index (χ2n) is 14.8. The number of pyridine rings is 1. The van der Waals surface area contributed by atoms with E-state index in [4.69, 9.17) is 14.3 Å². The Hall–Kier alpha value is -4.54. The molecule has 50 heavy (non-hydrogen) atoms. The van der Waals surface area contributed by atoms with Gasteiger partial charge in [0.2, 0.25) is 0 Å². The summed E-state index contributed by atoms with van der Waals surface area (Å²) in [4.78, 5) is 49.8. The van der Waals surface area contributed by atoms with E-state index >= 15 is 0 Å². The van der Waals surface area contributed by atoms with Gasteiger partial charge in [-0.25, -0.2) is 14.4 Å². The maximum Gasteiger partial charge on any atom is 0.419 e. The lowest BCUT2D eigenvalue weighted by atomic mass is 9.98. The highest BCUT2D eigenvalue weighted by Gasteiger charge is 2.29. The first-order chi connectivity index (χ1) is 23.5. The van der Waals surface area contributed by atoms with Crippen LogP contribution >= 0.6 is 0 Å². The maximum atomic E-state index is 14.0. The van der Waals surface area contributed by atoms with Gasteiger partial charge in [-0.2, -0.15) is 0 Å². The standard InChI is InChI=1S/C40H52N4O6/c1-26-21-27(2)23-31(22-26)35-32(17-20-42-25-30(37(46)49-39(3,4)5)12-11-28-15-18-41-19-16-28)33-24-29(36(45)43(9)48-10)13-14-34(33)44(35)38(47)50-40(6,7)8/h13-16,18-19,21-24,30,42H,11-12,17,20,25H2,1-10H3. The van der Waals surface area contributed by atoms with Gasteiger partial charge in [0, 0.05) is 36.9 Å². The lowest BCUT2D eigenvalue weighted by Gasteiger charge is -2.24. The van der Waals surface area contributed by atoms with Crippen LogP contribution in [0.2, 0.25) is 0 Å². The van der Waals surface area contributed by atoms with E-state index in [2.05, 4.69) is 28.5 Å². The van der Waals surface area contributed by atoms with Crippen LogP contribution in [-0.4, -0.2) is 71.0 Å². The lowest BCUT2D eigenvalue weighted by Crippen LogP contribution is -2.35. The number of hydrogen-bond donors (Lipinski definition) is 1. The zero-order valence-corrected chi connectivity index (χ0v) is 31.2. The van der Waals surface area contributed by atoms with Gasteiger partial charge in [-0.05, 0) is 140 Å². The zero-order chi connectivity index (χ0) is 36.8. The van der Waals surface area contributed by atoms with Gasteiger partial charge in [0.05, 0.1) is 24.2 Å². The normalized spacial score (nSPS) is 12.5. The summed E-state index contributed by atoms with van der Waals surface area (Å²) < 4.78 is 13.4. The van der Waals surface area contributed by atoms with E-state index < -0.39 is 17.3 Å². The van der Waals surface area contributed by atoms with Crippen molar-refractivity contribution >= 4 is 28.9 Å². The average Bonchev–Trinajstić information content (AvgIpc) is 3.35. The van der Waals surface area contributed by atoms with Gasteiger partial charge in [-0.15, -0.1) is 0 Å². The number of hydroxylamine groups is 2. The molecular formula is C40H52N4O6. The Morgan fingerprint density at radius 1 is 0.880 bits per heavy atom. The Kier molecular flexibility index (Phi) is 12.2. The molecular weight excluding hydrogens is 632 g/mol. The Bertz CT molecular complexity index is 1800. The zero-order valence-electron chi connectivity index (χ0n) is 31.2. The molecule has 1 unspecified atom stereocenters. The molecule has 0 aliphatic heterocycles. The highest BCUT2D eigenvalue weighted by molar-refractivity contribution is 6.04. The van der Waals surface area contributed by atoms with Crippen LogP contribution < -0.4 is 5.32 Å². The molecule has 0 radical (unpaired) electrons. The van der Waals surface area contributed by atoms with Gasteiger partial charge in [-0.1, -0.05) is 17.2 Å². The Balaban J connectivity index is 1.76. The molecule has 0 fully saturated rings. The number of aromatic nitrogens is 2. The van der Waals surface area contributed by atoms with Crippen molar-refractivity contribution in [2.75, 3.05) is 27.2 Å². The molecule has 0 spiro atoms. The number of carbonyl (C=O) groups excluding carboxylic acids is 3. The highest BCUT2D eigenvalue weighted by Crippen LogP contribution is 2.37. The van der Waals surface area contributed by atoms with Crippen molar-refractivity contribution in [3.8, 4) is 11.3 Å².